The van der Waals surface area contributed by atoms with Gasteiger partial charge in [0.2, 0.25) is 0 Å². The average Bonchev–Trinajstić information content (AvgIpc) is 3.16. The SMILES string of the molecule is CC1CN(S(=O)(=O)N2CCN(Cc3nnnn3-c3ccccc3)CC2)CC(C)O1. The molecule has 0 radical (unpaired) electrons. The van der Waals surface area contributed by atoms with Gasteiger partial charge in [-0.15, -0.1) is 5.10 Å². The van der Waals surface area contributed by atoms with Crippen molar-refractivity contribution in [3.05, 3.63) is 36.2 Å². The summed E-state index contributed by atoms with van der Waals surface area (Å²) < 4.78 is 36.6. The molecular formula is C18H27N7O3S. The van der Waals surface area contributed by atoms with Crippen molar-refractivity contribution >= 4 is 10.2 Å². The number of nitrogens with zero attached hydrogens (tertiary/aromatic N) is 7. The van der Waals surface area contributed by atoms with Crippen LogP contribution in [0.3, 0.4) is 0 Å². The predicted octanol–water partition coefficient (Wildman–Crippen LogP) is 0.134. The molecule has 0 saturated carbocycles. The Hall–Kier alpha value is -1.92. The van der Waals surface area contributed by atoms with E-state index in [1.54, 1.807) is 13.3 Å². The predicted molar refractivity (Wildman–Crippen MR) is 107 cm³/mol. The molecule has 2 aliphatic rings. The van der Waals surface area contributed by atoms with Crippen LogP contribution in [0, 0.1) is 0 Å². The Morgan fingerprint density at radius 3 is 2.31 bits per heavy atom. The summed E-state index contributed by atoms with van der Waals surface area (Å²) >= 11 is 0. The fraction of sp³-hybridized carbons (Fsp3) is 0.611. The molecular weight excluding hydrogens is 394 g/mol. The average molecular weight is 422 g/mol. The number of para-hydroxylation sites is 1. The lowest BCUT2D eigenvalue weighted by Crippen LogP contribution is -2.57. The van der Waals surface area contributed by atoms with E-state index in [-0.39, 0.29) is 12.2 Å². The van der Waals surface area contributed by atoms with Crippen molar-refractivity contribution in [2.24, 2.45) is 0 Å². The van der Waals surface area contributed by atoms with Gasteiger partial charge in [-0.1, -0.05) is 18.2 Å². The van der Waals surface area contributed by atoms with Crippen LogP contribution in [0.2, 0.25) is 0 Å². The first kappa shape index (κ1) is 20.4. The fourth-order valence-electron chi connectivity index (χ4n) is 3.87. The molecule has 0 aliphatic carbocycles. The Bertz CT molecular complexity index is 903. The second kappa shape index (κ2) is 8.44. The van der Waals surface area contributed by atoms with Crippen molar-refractivity contribution in [2.75, 3.05) is 39.3 Å². The highest BCUT2D eigenvalue weighted by atomic mass is 32.2. The number of tetrazole rings is 1. The second-order valence-corrected chi connectivity index (χ2v) is 9.53. The number of hydrogen-bond acceptors (Lipinski definition) is 7. The molecule has 2 saturated heterocycles. The van der Waals surface area contributed by atoms with Crippen LogP contribution in [0.25, 0.3) is 5.69 Å². The number of hydrogen-bond donors (Lipinski definition) is 0. The highest BCUT2D eigenvalue weighted by Gasteiger charge is 2.36. The van der Waals surface area contributed by atoms with Gasteiger partial charge in [0, 0.05) is 39.3 Å². The molecule has 2 aromatic rings. The summed E-state index contributed by atoms with van der Waals surface area (Å²) in [5.74, 6) is 0.739. The van der Waals surface area contributed by atoms with E-state index in [0.717, 1.165) is 11.5 Å². The normalized spacial score (nSPS) is 25.3. The summed E-state index contributed by atoms with van der Waals surface area (Å²) in [6.07, 6.45) is -0.182. The van der Waals surface area contributed by atoms with Gasteiger partial charge in [-0.2, -0.15) is 21.7 Å². The van der Waals surface area contributed by atoms with E-state index in [1.165, 1.54) is 0 Å². The summed E-state index contributed by atoms with van der Waals surface area (Å²) in [6, 6.07) is 9.74. The van der Waals surface area contributed by atoms with Gasteiger partial charge in [-0.05, 0) is 36.4 Å². The van der Waals surface area contributed by atoms with Crippen LogP contribution in [0.4, 0.5) is 0 Å². The standard InChI is InChI=1S/C18H27N7O3S/c1-15-12-24(13-16(2)28-15)29(26,27)23-10-8-22(9-11-23)14-18-19-20-21-25(18)17-6-4-3-5-7-17/h3-7,15-16H,8-14H2,1-2H3. The molecule has 1 aromatic carbocycles. The number of morpholine rings is 1. The minimum absolute atomic E-state index is 0.0911. The molecule has 3 heterocycles. The molecule has 2 unspecified atom stereocenters. The van der Waals surface area contributed by atoms with Crippen molar-refractivity contribution in [3.63, 3.8) is 0 Å². The number of rotatable bonds is 5. The molecule has 1 aromatic heterocycles. The largest absolute Gasteiger partial charge is 0.373 e. The van der Waals surface area contributed by atoms with E-state index in [1.807, 2.05) is 44.2 Å². The van der Waals surface area contributed by atoms with E-state index >= 15 is 0 Å². The van der Waals surface area contributed by atoms with Gasteiger partial charge in [0.05, 0.1) is 24.4 Å². The maximum atomic E-state index is 13.0. The van der Waals surface area contributed by atoms with Crippen molar-refractivity contribution < 1.29 is 13.2 Å². The molecule has 2 fully saturated rings. The van der Waals surface area contributed by atoms with Gasteiger partial charge in [0.15, 0.2) is 5.82 Å². The molecule has 10 nitrogen and oxygen atoms in total. The molecule has 158 valence electrons. The molecule has 11 heteroatoms. The van der Waals surface area contributed by atoms with E-state index in [9.17, 15) is 8.42 Å². The van der Waals surface area contributed by atoms with Gasteiger partial charge < -0.3 is 4.74 Å². The Morgan fingerprint density at radius 1 is 1.00 bits per heavy atom. The van der Waals surface area contributed by atoms with E-state index in [2.05, 4.69) is 20.4 Å². The van der Waals surface area contributed by atoms with Crippen LogP contribution >= 0.6 is 0 Å². The van der Waals surface area contributed by atoms with Gasteiger partial charge >= 0.3 is 0 Å². The lowest BCUT2D eigenvalue weighted by Gasteiger charge is -2.40. The summed E-state index contributed by atoms with van der Waals surface area (Å²) in [6.45, 7) is 7.37. The molecule has 2 atom stereocenters. The maximum Gasteiger partial charge on any atom is 0.282 e. The third kappa shape index (κ3) is 4.48. The maximum absolute atomic E-state index is 13.0. The van der Waals surface area contributed by atoms with Crippen molar-refractivity contribution in [1.29, 1.82) is 0 Å². The van der Waals surface area contributed by atoms with Crippen molar-refractivity contribution in [3.8, 4) is 5.69 Å². The molecule has 4 rings (SSSR count). The highest BCUT2D eigenvalue weighted by molar-refractivity contribution is 7.86. The third-order valence-corrected chi connectivity index (χ3v) is 7.24. The van der Waals surface area contributed by atoms with Crippen LogP contribution < -0.4 is 0 Å². The topological polar surface area (TPSA) is 96.7 Å². The molecule has 0 amide bonds. The molecule has 0 bridgehead atoms. The second-order valence-electron chi connectivity index (χ2n) is 7.60. The van der Waals surface area contributed by atoms with Crippen LogP contribution in [-0.2, 0) is 21.5 Å². The van der Waals surface area contributed by atoms with E-state index in [4.69, 9.17) is 4.74 Å². The Kier molecular flexibility index (Phi) is 5.93. The number of benzene rings is 1. The van der Waals surface area contributed by atoms with Crippen LogP contribution in [-0.4, -0.2) is 93.6 Å². The van der Waals surface area contributed by atoms with Gasteiger partial charge in [0.25, 0.3) is 10.2 Å². The van der Waals surface area contributed by atoms with E-state index in [0.29, 0.717) is 45.8 Å². The minimum atomic E-state index is -3.47. The minimum Gasteiger partial charge on any atom is -0.373 e. The molecule has 2 aliphatic heterocycles. The number of piperazine rings is 1. The monoisotopic (exact) mass is 421 g/mol. The summed E-state index contributed by atoms with van der Waals surface area (Å²) in [4.78, 5) is 2.18. The van der Waals surface area contributed by atoms with Crippen LogP contribution in [0.5, 0.6) is 0 Å². The van der Waals surface area contributed by atoms with Gasteiger partial charge in [0.1, 0.15) is 0 Å². The Labute approximate surface area is 171 Å². The van der Waals surface area contributed by atoms with Crippen LogP contribution in [0.1, 0.15) is 19.7 Å². The molecule has 29 heavy (non-hydrogen) atoms. The summed E-state index contributed by atoms with van der Waals surface area (Å²) in [5, 5.41) is 12.0. The summed E-state index contributed by atoms with van der Waals surface area (Å²) in [7, 11) is -3.47. The smallest absolute Gasteiger partial charge is 0.282 e. The first-order valence-corrected chi connectivity index (χ1v) is 11.3. The lowest BCUT2D eigenvalue weighted by atomic mass is 10.3. The zero-order valence-corrected chi connectivity index (χ0v) is 17.6. The zero-order chi connectivity index (χ0) is 20.4. The third-order valence-electron chi connectivity index (χ3n) is 5.27. The van der Waals surface area contributed by atoms with Crippen LogP contribution in [0.15, 0.2) is 30.3 Å². The van der Waals surface area contributed by atoms with Gasteiger partial charge in [-0.3, -0.25) is 4.90 Å². The van der Waals surface area contributed by atoms with Crippen molar-refractivity contribution in [2.45, 2.75) is 32.6 Å². The molecule has 0 spiro atoms. The zero-order valence-electron chi connectivity index (χ0n) is 16.8. The van der Waals surface area contributed by atoms with Crippen molar-refractivity contribution in [1.82, 2.24) is 33.7 Å². The Balaban J connectivity index is 1.37. The first-order valence-electron chi connectivity index (χ1n) is 9.89. The lowest BCUT2D eigenvalue weighted by molar-refractivity contribution is -0.0457. The molecule has 0 N–H and O–H groups in total. The number of aromatic nitrogens is 4. The summed E-state index contributed by atoms with van der Waals surface area (Å²) in [5.41, 5.74) is 0.907. The van der Waals surface area contributed by atoms with Gasteiger partial charge in [-0.25, -0.2) is 0 Å². The first-order chi connectivity index (χ1) is 13.9. The quantitative estimate of drug-likeness (QED) is 0.677. The highest BCUT2D eigenvalue weighted by Crippen LogP contribution is 2.19. The number of ether oxygens (including phenoxy) is 1. The fourth-order valence-corrected chi connectivity index (χ4v) is 5.62. The Morgan fingerprint density at radius 2 is 1.66 bits per heavy atom. The van der Waals surface area contributed by atoms with E-state index < -0.39 is 10.2 Å².